The largest absolute Gasteiger partial charge is 0.481 e. The molecule has 1 aliphatic rings. The third-order valence-electron chi connectivity index (χ3n) is 5.19. The highest BCUT2D eigenvalue weighted by Gasteiger charge is 2.37. The summed E-state index contributed by atoms with van der Waals surface area (Å²) in [5.74, 6) is -1.07. The van der Waals surface area contributed by atoms with Crippen LogP contribution in [0.3, 0.4) is 0 Å². The SMILES string of the molecule is Cc1cc2cc(CNC(=O)CC[C@]3(CCC(=O)O)CCC(=O)N3)ccc2[nH]1. The van der Waals surface area contributed by atoms with Gasteiger partial charge in [-0.1, -0.05) is 6.07 Å². The van der Waals surface area contributed by atoms with E-state index in [0.717, 1.165) is 22.2 Å². The van der Waals surface area contributed by atoms with Crippen LogP contribution in [0.2, 0.25) is 0 Å². The number of amides is 2. The van der Waals surface area contributed by atoms with Gasteiger partial charge in [0.2, 0.25) is 11.8 Å². The molecule has 4 N–H and O–H groups in total. The number of fused-ring (bicyclic) bond motifs is 1. The molecule has 1 atom stereocenters. The van der Waals surface area contributed by atoms with Gasteiger partial charge < -0.3 is 20.7 Å². The van der Waals surface area contributed by atoms with Crippen LogP contribution in [-0.4, -0.2) is 33.4 Å². The van der Waals surface area contributed by atoms with Crippen LogP contribution in [0.25, 0.3) is 10.9 Å². The second-order valence-corrected chi connectivity index (χ2v) is 7.37. The predicted octanol–water partition coefficient (Wildman–Crippen LogP) is 2.39. The Hall–Kier alpha value is -2.83. The van der Waals surface area contributed by atoms with E-state index >= 15 is 0 Å². The smallest absolute Gasteiger partial charge is 0.303 e. The number of carbonyl (C=O) groups excluding carboxylic acids is 2. The van der Waals surface area contributed by atoms with Crippen LogP contribution in [0.1, 0.15) is 49.8 Å². The fraction of sp³-hybridized carbons (Fsp3) is 0.450. The van der Waals surface area contributed by atoms with Crippen molar-refractivity contribution in [3.63, 3.8) is 0 Å². The fourth-order valence-electron chi connectivity index (χ4n) is 3.70. The lowest BCUT2D eigenvalue weighted by atomic mass is 9.86. The monoisotopic (exact) mass is 371 g/mol. The molecule has 27 heavy (non-hydrogen) atoms. The molecule has 1 saturated heterocycles. The van der Waals surface area contributed by atoms with Gasteiger partial charge in [-0.3, -0.25) is 14.4 Å². The summed E-state index contributed by atoms with van der Waals surface area (Å²) >= 11 is 0. The van der Waals surface area contributed by atoms with Gasteiger partial charge in [-0.2, -0.15) is 0 Å². The van der Waals surface area contributed by atoms with E-state index in [-0.39, 0.29) is 24.7 Å². The molecule has 3 rings (SSSR count). The molecule has 1 aromatic carbocycles. The lowest BCUT2D eigenvalue weighted by Crippen LogP contribution is -2.43. The maximum absolute atomic E-state index is 12.3. The standard InChI is InChI=1S/C20H25N3O4/c1-13-10-15-11-14(2-3-16(15)22-13)12-21-17(24)4-7-20(9-6-19(26)27)8-5-18(25)23-20/h2-3,10-11,22H,4-9,12H2,1H3,(H,21,24)(H,23,25)(H,26,27)/t20-/m1/s1. The highest BCUT2D eigenvalue weighted by atomic mass is 16.4. The zero-order valence-electron chi connectivity index (χ0n) is 15.4. The number of H-pyrrole nitrogens is 1. The number of aromatic nitrogens is 1. The van der Waals surface area contributed by atoms with Gasteiger partial charge >= 0.3 is 5.97 Å². The van der Waals surface area contributed by atoms with Gasteiger partial charge in [0.25, 0.3) is 0 Å². The number of hydrogen-bond donors (Lipinski definition) is 4. The molecule has 1 fully saturated rings. The van der Waals surface area contributed by atoms with E-state index in [1.165, 1.54) is 0 Å². The third-order valence-corrected chi connectivity index (χ3v) is 5.19. The van der Waals surface area contributed by atoms with Crippen molar-refractivity contribution in [1.82, 2.24) is 15.6 Å². The Labute approximate surface area is 157 Å². The number of rotatable bonds is 8. The van der Waals surface area contributed by atoms with E-state index in [1.807, 2.05) is 25.1 Å². The highest BCUT2D eigenvalue weighted by molar-refractivity contribution is 5.82. The minimum Gasteiger partial charge on any atom is -0.481 e. The molecule has 7 heteroatoms. The number of carboxylic acid groups (broad SMARTS) is 1. The second kappa shape index (κ2) is 7.82. The van der Waals surface area contributed by atoms with Crippen molar-refractivity contribution in [1.29, 1.82) is 0 Å². The Kier molecular flexibility index (Phi) is 5.48. The number of carbonyl (C=O) groups is 3. The van der Waals surface area contributed by atoms with Crippen molar-refractivity contribution in [3.8, 4) is 0 Å². The van der Waals surface area contributed by atoms with Crippen LogP contribution in [0.5, 0.6) is 0 Å². The Bertz CT molecular complexity index is 873. The number of hydrogen-bond acceptors (Lipinski definition) is 3. The number of aliphatic carboxylic acids is 1. The quantitative estimate of drug-likeness (QED) is 0.571. The first kappa shape index (κ1) is 18.9. The topological polar surface area (TPSA) is 111 Å². The molecular formula is C20H25N3O4. The Morgan fingerprint density at radius 1 is 1.22 bits per heavy atom. The zero-order chi connectivity index (χ0) is 19.4. The van der Waals surface area contributed by atoms with Crippen molar-refractivity contribution in [2.45, 2.75) is 57.5 Å². The van der Waals surface area contributed by atoms with E-state index in [1.54, 1.807) is 0 Å². The van der Waals surface area contributed by atoms with Crippen LogP contribution in [-0.2, 0) is 20.9 Å². The van der Waals surface area contributed by atoms with Crippen molar-refractivity contribution in [2.75, 3.05) is 0 Å². The maximum atomic E-state index is 12.3. The zero-order valence-corrected chi connectivity index (χ0v) is 15.4. The third kappa shape index (κ3) is 4.87. The highest BCUT2D eigenvalue weighted by Crippen LogP contribution is 2.30. The van der Waals surface area contributed by atoms with Gasteiger partial charge in [-0.05, 0) is 55.3 Å². The van der Waals surface area contributed by atoms with Gasteiger partial charge in [0.15, 0.2) is 0 Å². The summed E-state index contributed by atoms with van der Waals surface area (Å²) in [6, 6.07) is 8.09. The molecule has 0 radical (unpaired) electrons. The number of carboxylic acids is 1. The van der Waals surface area contributed by atoms with Gasteiger partial charge in [-0.25, -0.2) is 0 Å². The van der Waals surface area contributed by atoms with Crippen LogP contribution in [0.15, 0.2) is 24.3 Å². The van der Waals surface area contributed by atoms with E-state index in [9.17, 15) is 14.4 Å². The molecule has 0 unspecified atom stereocenters. The molecule has 0 bridgehead atoms. The van der Waals surface area contributed by atoms with Gasteiger partial charge in [0.1, 0.15) is 0 Å². The molecule has 2 heterocycles. The summed E-state index contributed by atoms with van der Waals surface area (Å²) < 4.78 is 0. The Morgan fingerprint density at radius 3 is 2.70 bits per heavy atom. The molecular weight excluding hydrogens is 346 g/mol. The lowest BCUT2D eigenvalue weighted by molar-refractivity contribution is -0.137. The van der Waals surface area contributed by atoms with Crippen LogP contribution in [0.4, 0.5) is 0 Å². The summed E-state index contributed by atoms with van der Waals surface area (Å²) in [7, 11) is 0. The minimum absolute atomic E-state index is 0.0159. The van der Waals surface area contributed by atoms with Crippen LogP contribution < -0.4 is 10.6 Å². The van der Waals surface area contributed by atoms with E-state index in [4.69, 9.17) is 5.11 Å². The van der Waals surface area contributed by atoms with Crippen LogP contribution in [0, 0.1) is 6.92 Å². The maximum Gasteiger partial charge on any atom is 0.303 e. The van der Waals surface area contributed by atoms with Crippen molar-refractivity contribution in [3.05, 3.63) is 35.5 Å². The summed E-state index contributed by atoms with van der Waals surface area (Å²) in [4.78, 5) is 38.0. The fourth-order valence-corrected chi connectivity index (χ4v) is 3.70. The van der Waals surface area contributed by atoms with E-state index in [2.05, 4.69) is 21.7 Å². The molecule has 0 saturated carbocycles. The summed E-state index contributed by atoms with van der Waals surface area (Å²) in [6.45, 7) is 2.44. The first-order chi connectivity index (χ1) is 12.8. The Morgan fingerprint density at radius 2 is 2.00 bits per heavy atom. The number of aryl methyl sites for hydroxylation is 1. The van der Waals surface area contributed by atoms with E-state index < -0.39 is 11.5 Å². The molecule has 144 valence electrons. The van der Waals surface area contributed by atoms with Crippen molar-refractivity contribution >= 4 is 28.7 Å². The predicted molar refractivity (Wildman–Crippen MR) is 101 cm³/mol. The first-order valence-corrected chi connectivity index (χ1v) is 9.23. The number of benzene rings is 1. The van der Waals surface area contributed by atoms with Gasteiger partial charge in [-0.15, -0.1) is 0 Å². The van der Waals surface area contributed by atoms with Crippen molar-refractivity contribution in [2.24, 2.45) is 0 Å². The normalized spacial score (nSPS) is 19.2. The molecule has 0 spiro atoms. The average molecular weight is 371 g/mol. The van der Waals surface area contributed by atoms with Crippen LogP contribution >= 0.6 is 0 Å². The van der Waals surface area contributed by atoms with Gasteiger partial charge in [0.05, 0.1) is 0 Å². The molecule has 1 aliphatic heterocycles. The summed E-state index contributed by atoms with van der Waals surface area (Å²) in [5.41, 5.74) is 2.61. The molecule has 7 nitrogen and oxygen atoms in total. The second-order valence-electron chi connectivity index (χ2n) is 7.37. The molecule has 0 aliphatic carbocycles. The summed E-state index contributed by atoms with van der Waals surface area (Å²) in [6.07, 6.45) is 2.01. The average Bonchev–Trinajstić information content (AvgIpc) is 3.18. The summed E-state index contributed by atoms with van der Waals surface area (Å²) in [5, 5.41) is 15.8. The molecule has 1 aromatic heterocycles. The number of aromatic amines is 1. The molecule has 2 aromatic rings. The number of nitrogens with one attached hydrogen (secondary N) is 3. The lowest BCUT2D eigenvalue weighted by Gasteiger charge is -2.28. The first-order valence-electron chi connectivity index (χ1n) is 9.23. The molecule has 2 amide bonds. The van der Waals surface area contributed by atoms with Crippen molar-refractivity contribution < 1.29 is 19.5 Å². The minimum atomic E-state index is -0.893. The van der Waals surface area contributed by atoms with E-state index in [0.29, 0.717) is 32.2 Å². The van der Waals surface area contributed by atoms with Gasteiger partial charge in [0, 0.05) is 42.6 Å². The Balaban J connectivity index is 1.52.